The van der Waals surface area contributed by atoms with Gasteiger partial charge in [0.15, 0.2) is 0 Å². The summed E-state index contributed by atoms with van der Waals surface area (Å²) in [6.45, 7) is 2.92. The Balaban J connectivity index is 0.000000448. The van der Waals surface area contributed by atoms with Crippen LogP contribution in [0.2, 0.25) is 0 Å². The Kier molecular flexibility index (Phi) is 7.80. The average molecular weight is 405 g/mol. The summed E-state index contributed by atoms with van der Waals surface area (Å²) in [4.78, 5) is 12.4. The third kappa shape index (κ3) is 5.81. The molecule has 2 aromatic carbocycles. The summed E-state index contributed by atoms with van der Waals surface area (Å²) in [5.74, 6) is 0.532. The lowest BCUT2D eigenvalue weighted by Crippen LogP contribution is -2.17. The number of hydrogen-bond acceptors (Lipinski definition) is 5. The van der Waals surface area contributed by atoms with E-state index in [9.17, 15) is 4.79 Å². The molecule has 1 aliphatic heterocycles. The summed E-state index contributed by atoms with van der Waals surface area (Å²) in [5.41, 5.74) is 3.13. The number of hydrogen-bond donors (Lipinski definition) is 3. The van der Waals surface area contributed by atoms with E-state index < -0.39 is 0 Å². The van der Waals surface area contributed by atoms with Gasteiger partial charge in [-0.1, -0.05) is 30.3 Å². The highest BCUT2D eigenvalue weighted by Gasteiger charge is 2.06. The Morgan fingerprint density at radius 2 is 1.87 bits per heavy atom. The van der Waals surface area contributed by atoms with Crippen LogP contribution in [0.5, 0.6) is 5.75 Å². The van der Waals surface area contributed by atoms with Gasteiger partial charge >= 0.3 is 0 Å². The molecule has 6 nitrogen and oxygen atoms in total. The molecule has 4 rings (SSSR count). The minimum absolute atomic E-state index is 0.182. The summed E-state index contributed by atoms with van der Waals surface area (Å²) in [7, 11) is 1.80. The molecule has 156 valence electrons. The Labute approximate surface area is 177 Å². The molecule has 0 atom stereocenters. The molecule has 0 spiro atoms. The molecule has 30 heavy (non-hydrogen) atoms. The summed E-state index contributed by atoms with van der Waals surface area (Å²) in [5, 5.41) is 13.7. The van der Waals surface area contributed by atoms with E-state index in [1.54, 1.807) is 25.4 Å². The maximum Gasteiger partial charge on any atom is 0.258 e. The fourth-order valence-electron chi connectivity index (χ4n) is 3.18. The van der Waals surface area contributed by atoms with Crippen molar-refractivity contribution in [3.63, 3.8) is 0 Å². The Hall–Kier alpha value is -3.38. The summed E-state index contributed by atoms with van der Waals surface area (Å²) in [6, 6.07) is 18.5. The Morgan fingerprint density at radius 1 is 1.10 bits per heavy atom. The molecule has 3 N–H and O–H groups in total. The molecule has 1 aliphatic rings. The van der Waals surface area contributed by atoms with E-state index in [2.05, 4.69) is 10.6 Å². The first-order chi connectivity index (χ1) is 14.7. The molecule has 3 aromatic rings. The highest BCUT2D eigenvalue weighted by Crippen LogP contribution is 2.18. The second-order valence-corrected chi connectivity index (χ2v) is 6.97. The van der Waals surface area contributed by atoms with Crippen molar-refractivity contribution in [1.29, 1.82) is 5.41 Å². The van der Waals surface area contributed by atoms with Gasteiger partial charge in [0, 0.05) is 42.5 Å². The third-order valence-corrected chi connectivity index (χ3v) is 4.83. The van der Waals surface area contributed by atoms with Gasteiger partial charge in [-0.3, -0.25) is 9.36 Å². The number of anilines is 1. The highest BCUT2D eigenvalue weighted by molar-refractivity contribution is 5.86. The molecule has 0 unspecified atom stereocenters. The van der Waals surface area contributed by atoms with Gasteiger partial charge in [-0.25, -0.2) is 0 Å². The lowest BCUT2D eigenvalue weighted by Gasteiger charge is -2.11. The number of benzene rings is 2. The van der Waals surface area contributed by atoms with Gasteiger partial charge in [0.25, 0.3) is 5.56 Å². The molecule has 1 aromatic heterocycles. The van der Waals surface area contributed by atoms with Crippen LogP contribution in [-0.2, 0) is 6.61 Å². The van der Waals surface area contributed by atoms with Crippen LogP contribution in [0.4, 0.5) is 5.69 Å². The van der Waals surface area contributed by atoms with Crippen LogP contribution in [0, 0.1) is 5.41 Å². The standard InChI is InChI=1S/C20H19N3O2.C4H9N/c1-22-19-8-7-17(11-16(19)13-21)23-10-9-18(12-20(23)24)25-14-15-5-3-2-4-6-15;1-2-4-5-3-1/h2-13,21-22H,14H2,1H3;5H,1-4H2. The summed E-state index contributed by atoms with van der Waals surface area (Å²) in [6.07, 6.45) is 5.72. The van der Waals surface area contributed by atoms with Crippen LogP contribution in [0.3, 0.4) is 0 Å². The van der Waals surface area contributed by atoms with E-state index in [0.717, 1.165) is 16.8 Å². The first kappa shape index (κ1) is 21.3. The Morgan fingerprint density at radius 3 is 2.47 bits per heavy atom. The maximum absolute atomic E-state index is 12.4. The maximum atomic E-state index is 12.4. The lowest BCUT2D eigenvalue weighted by molar-refractivity contribution is 0.305. The van der Waals surface area contributed by atoms with Crippen LogP contribution in [-0.4, -0.2) is 30.9 Å². The first-order valence-electron chi connectivity index (χ1n) is 10.1. The molecular formula is C24H28N4O2. The van der Waals surface area contributed by atoms with Crippen molar-refractivity contribution in [2.45, 2.75) is 19.4 Å². The molecule has 1 fully saturated rings. The van der Waals surface area contributed by atoms with Crippen molar-refractivity contribution in [2.75, 3.05) is 25.5 Å². The second-order valence-electron chi connectivity index (χ2n) is 6.97. The SMILES string of the molecule is C1CCNC1.CNc1ccc(-n2ccc(OCc3ccccc3)cc2=O)cc1C=N. The summed E-state index contributed by atoms with van der Waals surface area (Å²) >= 11 is 0. The third-order valence-electron chi connectivity index (χ3n) is 4.83. The number of pyridine rings is 1. The molecule has 0 aliphatic carbocycles. The number of rotatable bonds is 6. The van der Waals surface area contributed by atoms with Crippen LogP contribution in [0.25, 0.3) is 5.69 Å². The normalized spacial score (nSPS) is 12.6. The quantitative estimate of drug-likeness (QED) is 0.546. The van der Waals surface area contributed by atoms with Crippen molar-refractivity contribution < 1.29 is 4.74 Å². The van der Waals surface area contributed by atoms with E-state index in [1.807, 2.05) is 42.5 Å². The Bertz CT molecular complexity index is 1000. The molecule has 2 heterocycles. The molecule has 0 radical (unpaired) electrons. The smallest absolute Gasteiger partial charge is 0.258 e. The number of aromatic nitrogens is 1. The molecular weight excluding hydrogens is 376 g/mol. The molecule has 1 saturated heterocycles. The predicted octanol–water partition coefficient (Wildman–Crippen LogP) is 3.83. The van der Waals surface area contributed by atoms with Crippen LogP contribution in [0.1, 0.15) is 24.0 Å². The van der Waals surface area contributed by atoms with Crippen LogP contribution < -0.4 is 20.9 Å². The molecule has 0 saturated carbocycles. The summed E-state index contributed by atoms with van der Waals surface area (Å²) < 4.78 is 7.22. The molecule has 0 amide bonds. The fourth-order valence-corrected chi connectivity index (χ4v) is 3.18. The monoisotopic (exact) mass is 404 g/mol. The van der Waals surface area contributed by atoms with Gasteiger partial charge < -0.3 is 20.8 Å². The van der Waals surface area contributed by atoms with E-state index in [0.29, 0.717) is 18.0 Å². The number of ether oxygens (including phenoxy) is 1. The van der Waals surface area contributed by atoms with E-state index in [4.69, 9.17) is 10.1 Å². The van der Waals surface area contributed by atoms with Crippen molar-refractivity contribution in [3.8, 4) is 11.4 Å². The largest absolute Gasteiger partial charge is 0.489 e. The second kappa shape index (κ2) is 11.0. The zero-order valence-corrected chi connectivity index (χ0v) is 17.2. The van der Waals surface area contributed by atoms with Crippen molar-refractivity contribution in [2.24, 2.45) is 0 Å². The van der Waals surface area contributed by atoms with Crippen molar-refractivity contribution in [1.82, 2.24) is 9.88 Å². The highest BCUT2D eigenvalue weighted by atomic mass is 16.5. The average Bonchev–Trinajstić information content (AvgIpc) is 3.38. The van der Waals surface area contributed by atoms with Gasteiger partial charge in [0.05, 0.1) is 0 Å². The van der Waals surface area contributed by atoms with Gasteiger partial charge in [-0.2, -0.15) is 0 Å². The lowest BCUT2D eigenvalue weighted by atomic mass is 10.1. The predicted molar refractivity (Wildman–Crippen MR) is 122 cm³/mol. The minimum atomic E-state index is -0.182. The zero-order valence-electron chi connectivity index (χ0n) is 17.2. The van der Waals surface area contributed by atoms with E-state index in [-0.39, 0.29) is 5.56 Å². The number of nitrogens with one attached hydrogen (secondary N) is 3. The molecule has 6 heteroatoms. The van der Waals surface area contributed by atoms with Crippen LogP contribution in [0.15, 0.2) is 71.7 Å². The number of nitrogens with zero attached hydrogens (tertiary/aromatic N) is 1. The van der Waals surface area contributed by atoms with Crippen molar-refractivity contribution in [3.05, 3.63) is 88.3 Å². The van der Waals surface area contributed by atoms with Gasteiger partial charge in [0.2, 0.25) is 0 Å². The van der Waals surface area contributed by atoms with Gasteiger partial charge in [0.1, 0.15) is 12.4 Å². The van der Waals surface area contributed by atoms with Crippen LogP contribution >= 0.6 is 0 Å². The first-order valence-corrected chi connectivity index (χ1v) is 10.1. The molecule has 0 bridgehead atoms. The minimum Gasteiger partial charge on any atom is -0.489 e. The van der Waals surface area contributed by atoms with E-state index in [1.165, 1.54) is 42.8 Å². The van der Waals surface area contributed by atoms with Gasteiger partial charge in [-0.15, -0.1) is 0 Å². The van der Waals surface area contributed by atoms with Gasteiger partial charge in [-0.05, 0) is 55.8 Å². The topological polar surface area (TPSA) is 79.1 Å². The zero-order chi connectivity index (χ0) is 21.2. The van der Waals surface area contributed by atoms with E-state index >= 15 is 0 Å². The van der Waals surface area contributed by atoms with Crippen molar-refractivity contribution >= 4 is 11.9 Å². The fraction of sp³-hybridized carbons (Fsp3) is 0.250.